The van der Waals surface area contributed by atoms with E-state index in [2.05, 4.69) is 17.2 Å². The van der Waals surface area contributed by atoms with E-state index in [4.69, 9.17) is 5.73 Å². The molecule has 1 amide bonds. The number of hydrogen-bond donors (Lipinski definition) is 2. The van der Waals surface area contributed by atoms with Crippen molar-refractivity contribution in [3.05, 3.63) is 15.6 Å². The zero-order valence-electron chi connectivity index (χ0n) is 12.0. The summed E-state index contributed by atoms with van der Waals surface area (Å²) < 4.78 is 0. The molecular weight excluding hydrogens is 258 g/mol. The highest BCUT2D eigenvalue weighted by Crippen LogP contribution is 2.34. The van der Waals surface area contributed by atoms with Gasteiger partial charge in [0.15, 0.2) is 0 Å². The molecule has 5 heteroatoms. The van der Waals surface area contributed by atoms with Crippen LogP contribution in [0.5, 0.6) is 0 Å². The number of nitrogens with one attached hydrogen (secondary N) is 1. The fourth-order valence-electron chi connectivity index (χ4n) is 2.28. The molecule has 0 aliphatic heterocycles. The van der Waals surface area contributed by atoms with Crippen LogP contribution in [0.1, 0.15) is 55.2 Å². The number of nitrogens with two attached hydrogens (primary N) is 1. The Balaban J connectivity index is 2.07. The standard InChI is InChI=1S/C14H23N3OS/c1-4-11-17-10-7-5-6-9(12(10)19-11)16-8-14(2,3)13(15)18/h9,16H,4-8H2,1-3H3,(H2,15,18)/t9-/m1/s1. The van der Waals surface area contributed by atoms with Crippen LogP contribution in [0.3, 0.4) is 0 Å². The lowest BCUT2D eigenvalue weighted by atomic mass is 9.91. The zero-order valence-corrected chi connectivity index (χ0v) is 12.8. The summed E-state index contributed by atoms with van der Waals surface area (Å²) >= 11 is 1.81. The Hall–Kier alpha value is -0.940. The number of primary amides is 1. The molecule has 1 aliphatic carbocycles. The molecule has 1 aliphatic rings. The maximum Gasteiger partial charge on any atom is 0.224 e. The first kappa shape index (κ1) is 14.5. The van der Waals surface area contributed by atoms with E-state index >= 15 is 0 Å². The SMILES string of the molecule is CCc1nc2c(s1)[C@H](NCC(C)(C)C(N)=O)CCC2. The normalized spacial score (nSPS) is 19.2. The first-order valence-electron chi connectivity index (χ1n) is 6.96. The number of aryl methyl sites for hydroxylation is 2. The molecule has 1 aromatic rings. The minimum atomic E-state index is -0.504. The number of carbonyl (C=O) groups excluding carboxylic acids is 1. The van der Waals surface area contributed by atoms with Gasteiger partial charge < -0.3 is 11.1 Å². The summed E-state index contributed by atoms with van der Waals surface area (Å²) in [4.78, 5) is 17.4. The Morgan fingerprint density at radius 2 is 2.32 bits per heavy atom. The van der Waals surface area contributed by atoms with E-state index in [0.29, 0.717) is 12.6 Å². The molecule has 1 aromatic heterocycles. The zero-order chi connectivity index (χ0) is 14.0. The summed E-state index contributed by atoms with van der Waals surface area (Å²) in [6, 6.07) is 0.333. The molecule has 2 rings (SSSR count). The predicted molar refractivity (Wildman–Crippen MR) is 78.1 cm³/mol. The molecule has 0 bridgehead atoms. The summed E-state index contributed by atoms with van der Waals surface area (Å²) in [6.07, 6.45) is 4.36. The second kappa shape index (κ2) is 5.59. The van der Waals surface area contributed by atoms with Crippen LogP contribution in [0.4, 0.5) is 0 Å². The Labute approximate surface area is 118 Å². The van der Waals surface area contributed by atoms with Crippen molar-refractivity contribution < 1.29 is 4.79 Å². The lowest BCUT2D eigenvalue weighted by Gasteiger charge is -2.27. The Kier molecular flexibility index (Phi) is 4.26. The van der Waals surface area contributed by atoms with Gasteiger partial charge in [-0.05, 0) is 39.5 Å². The van der Waals surface area contributed by atoms with Gasteiger partial charge in [-0.15, -0.1) is 11.3 Å². The fourth-order valence-corrected chi connectivity index (χ4v) is 3.44. The summed E-state index contributed by atoms with van der Waals surface area (Å²) in [6.45, 7) is 6.53. The molecule has 0 radical (unpaired) electrons. The third-order valence-corrected chi connectivity index (χ3v) is 5.11. The van der Waals surface area contributed by atoms with Gasteiger partial charge in [-0.3, -0.25) is 4.79 Å². The number of aromatic nitrogens is 1. The third kappa shape index (κ3) is 3.15. The van der Waals surface area contributed by atoms with Crippen LogP contribution >= 0.6 is 11.3 Å². The molecule has 3 N–H and O–H groups in total. The quantitative estimate of drug-likeness (QED) is 0.869. The van der Waals surface area contributed by atoms with E-state index in [1.807, 2.05) is 25.2 Å². The maximum absolute atomic E-state index is 11.4. The molecule has 1 atom stereocenters. The monoisotopic (exact) mass is 281 g/mol. The van der Waals surface area contributed by atoms with Crippen LogP contribution in [0, 0.1) is 5.41 Å². The van der Waals surface area contributed by atoms with Gasteiger partial charge in [0.05, 0.1) is 16.1 Å². The summed E-state index contributed by atoms with van der Waals surface area (Å²) in [5.41, 5.74) is 6.17. The molecule has 19 heavy (non-hydrogen) atoms. The minimum Gasteiger partial charge on any atom is -0.369 e. The number of thiazole rings is 1. The first-order valence-corrected chi connectivity index (χ1v) is 7.77. The summed E-state index contributed by atoms with van der Waals surface area (Å²) in [5, 5.41) is 4.72. The second-order valence-electron chi connectivity index (χ2n) is 5.85. The molecule has 0 spiro atoms. The van der Waals surface area contributed by atoms with Gasteiger partial charge in [-0.2, -0.15) is 0 Å². The molecule has 0 unspecified atom stereocenters. The molecule has 106 valence electrons. The molecule has 0 fully saturated rings. The van der Waals surface area contributed by atoms with Crippen molar-refractivity contribution in [1.29, 1.82) is 0 Å². The van der Waals surface area contributed by atoms with Gasteiger partial charge in [-0.1, -0.05) is 6.92 Å². The average molecular weight is 281 g/mol. The van der Waals surface area contributed by atoms with E-state index in [0.717, 1.165) is 25.7 Å². The summed E-state index contributed by atoms with van der Waals surface area (Å²) in [5.74, 6) is -0.255. The number of fused-ring (bicyclic) bond motifs is 1. The highest BCUT2D eigenvalue weighted by molar-refractivity contribution is 7.11. The van der Waals surface area contributed by atoms with Crippen molar-refractivity contribution >= 4 is 17.2 Å². The highest BCUT2D eigenvalue weighted by atomic mass is 32.1. The molecule has 4 nitrogen and oxygen atoms in total. The third-order valence-electron chi connectivity index (χ3n) is 3.75. The molecule has 0 saturated heterocycles. The molecule has 0 aromatic carbocycles. The second-order valence-corrected chi connectivity index (χ2v) is 6.96. The average Bonchev–Trinajstić information content (AvgIpc) is 2.79. The van der Waals surface area contributed by atoms with Gasteiger partial charge >= 0.3 is 0 Å². The summed E-state index contributed by atoms with van der Waals surface area (Å²) in [7, 11) is 0. The van der Waals surface area contributed by atoms with Crippen molar-refractivity contribution in [1.82, 2.24) is 10.3 Å². The predicted octanol–water partition coefficient (Wildman–Crippen LogP) is 2.18. The van der Waals surface area contributed by atoms with E-state index in [-0.39, 0.29) is 5.91 Å². The van der Waals surface area contributed by atoms with Crippen LogP contribution in [-0.4, -0.2) is 17.4 Å². The van der Waals surface area contributed by atoms with Crippen molar-refractivity contribution in [2.75, 3.05) is 6.54 Å². The number of carbonyl (C=O) groups is 1. The smallest absolute Gasteiger partial charge is 0.224 e. The molecular formula is C14H23N3OS. The van der Waals surface area contributed by atoms with E-state index < -0.39 is 5.41 Å². The van der Waals surface area contributed by atoms with Gasteiger partial charge in [0.1, 0.15) is 0 Å². The van der Waals surface area contributed by atoms with E-state index in [1.165, 1.54) is 15.6 Å². The highest BCUT2D eigenvalue weighted by Gasteiger charge is 2.29. The van der Waals surface area contributed by atoms with Crippen molar-refractivity contribution in [2.24, 2.45) is 11.1 Å². The van der Waals surface area contributed by atoms with Crippen molar-refractivity contribution in [3.63, 3.8) is 0 Å². The van der Waals surface area contributed by atoms with Crippen LogP contribution in [-0.2, 0) is 17.6 Å². The largest absolute Gasteiger partial charge is 0.369 e. The van der Waals surface area contributed by atoms with E-state index in [1.54, 1.807) is 0 Å². The Morgan fingerprint density at radius 3 is 2.95 bits per heavy atom. The number of nitrogens with zero attached hydrogens (tertiary/aromatic N) is 1. The first-order chi connectivity index (χ1) is 8.94. The molecule has 0 saturated carbocycles. The fraction of sp³-hybridized carbons (Fsp3) is 0.714. The topological polar surface area (TPSA) is 68.0 Å². The van der Waals surface area contributed by atoms with Crippen molar-refractivity contribution in [3.8, 4) is 0 Å². The minimum absolute atomic E-state index is 0.255. The number of amides is 1. The van der Waals surface area contributed by atoms with Gasteiger partial charge in [-0.25, -0.2) is 4.98 Å². The van der Waals surface area contributed by atoms with Crippen LogP contribution in [0.15, 0.2) is 0 Å². The van der Waals surface area contributed by atoms with Crippen molar-refractivity contribution in [2.45, 2.75) is 52.5 Å². The lowest BCUT2D eigenvalue weighted by Crippen LogP contribution is -2.41. The number of hydrogen-bond acceptors (Lipinski definition) is 4. The Bertz CT molecular complexity index is 467. The van der Waals surface area contributed by atoms with Crippen LogP contribution < -0.4 is 11.1 Å². The number of rotatable bonds is 5. The van der Waals surface area contributed by atoms with Gasteiger partial charge in [0.25, 0.3) is 0 Å². The molecule has 1 heterocycles. The van der Waals surface area contributed by atoms with E-state index in [9.17, 15) is 4.79 Å². The maximum atomic E-state index is 11.4. The van der Waals surface area contributed by atoms with Gasteiger partial charge in [0.2, 0.25) is 5.91 Å². The lowest BCUT2D eigenvalue weighted by molar-refractivity contribution is -0.125. The Morgan fingerprint density at radius 1 is 1.58 bits per heavy atom. The van der Waals surface area contributed by atoms with Crippen LogP contribution in [0.25, 0.3) is 0 Å². The van der Waals surface area contributed by atoms with Gasteiger partial charge in [0, 0.05) is 17.5 Å². The van der Waals surface area contributed by atoms with Crippen LogP contribution in [0.2, 0.25) is 0 Å².